The molecule has 4 nitrogen and oxygen atoms in total. The quantitative estimate of drug-likeness (QED) is 0.864. The van der Waals surface area contributed by atoms with Crippen LogP contribution in [-0.4, -0.2) is 23.9 Å². The van der Waals surface area contributed by atoms with Crippen molar-refractivity contribution in [3.05, 3.63) is 30.5 Å². The Kier molecular flexibility index (Phi) is 3.99. The van der Waals surface area contributed by atoms with Crippen LogP contribution in [-0.2, 0) is 4.79 Å². The standard InChI is InChI=1S/C13H13ClN2O2/c1-18-10-7-9-3-2-6-15-13(9)11(8-10)16-12(17)4-5-14/h2-3,6-8H,4-5H2,1H3,(H,16,17). The van der Waals surface area contributed by atoms with E-state index in [1.54, 1.807) is 19.4 Å². The van der Waals surface area contributed by atoms with E-state index in [-0.39, 0.29) is 12.3 Å². The number of nitrogens with zero attached hydrogens (tertiary/aromatic N) is 1. The molecule has 94 valence electrons. The Morgan fingerprint density at radius 1 is 1.50 bits per heavy atom. The topological polar surface area (TPSA) is 51.2 Å². The van der Waals surface area contributed by atoms with Gasteiger partial charge in [0.15, 0.2) is 0 Å². The molecular weight excluding hydrogens is 252 g/mol. The van der Waals surface area contributed by atoms with Gasteiger partial charge >= 0.3 is 0 Å². The number of alkyl halides is 1. The molecule has 1 heterocycles. The van der Waals surface area contributed by atoms with Crippen LogP contribution < -0.4 is 10.1 Å². The van der Waals surface area contributed by atoms with E-state index < -0.39 is 0 Å². The maximum absolute atomic E-state index is 11.6. The summed E-state index contributed by atoms with van der Waals surface area (Å²) in [4.78, 5) is 15.9. The Labute approximate surface area is 110 Å². The molecule has 0 radical (unpaired) electrons. The number of hydrogen-bond acceptors (Lipinski definition) is 3. The average molecular weight is 265 g/mol. The van der Waals surface area contributed by atoms with Crippen molar-refractivity contribution in [3.8, 4) is 5.75 Å². The molecule has 0 spiro atoms. The number of rotatable bonds is 4. The molecule has 2 rings (SSSR count). The first-order valence-electron chi connectivity index (χ1n) is 5.53. The second-order valence-electron chi connectivity index (χ2n) is 3.74. The van der Waals surface area contributed by atoms with Gasteiger partial charge in [0.05, 0.1) is 18.3 Å². The van der Waals surface area contributed by atoms with E-state index in [1.165, 1.54) is 0 Å². The molecule has 1 aromatic carbocycles. The van der Waals surface area contributed by atoms with Crippen molar-refractivity contribution in [3.63, 3.8) is 0 Å². The average Bonchev–Trinajstić information content (AvgIpc) is 2.38. The summed E-state index contributed by atoms with van der Waals surface area (Å²) >= 11 is 5.54. The van der Waals surface area contributed by atoms with Gasteiger partial charge in [0, 0.05) is 30.0 Å². The van der Waals surface area contributed by atoms with Gasteiger partial charge < -0.3 is 10.1 Å². The predicted molar refractivity (Wildman–Crippen MR) is 72.3 cm³/mol. The van der Waals surface area contributed by atoms with Crippen LogP contribution in [0.15, 0.2) is 30.5 Å². The molecule has 0 atom stereocenters. The number of halogens is 1. The van der Waals surface area contributed by atoms with Gasteiger partial charge in [-0.3, -0.25) is 9.78 Å². The van der Waals surface area contributed by atoms with Gasteiger partial charge in [-0.1, -0.05) is 6.07 Å². The van der Waals surface area contributed by atoms with E-state index in [1.807, 2.05) is 18.2 Å². The van der Waals surface area contributed by atoms with Gasteiger partial charge in [0.2, 0.25) is 5.91 Å². The summed E-state index contributed by atoms with van der Waals surface area (Å²) in [6, 6.07) is 7.38. The monoisotopic (exact) mass is 264 g/mol. The lowest BCUT2D eigenvalue weighted by Gasteiger charge is -2.09. The van der Waals surface area contributed by atoms with Gasteiger partial charge in [0.1, 0.15) is 5.75 Å². The number of hydrogen-bond donors (Lipinski definition) is 1. The second-order valence-corrected chi connectivity index (χ2v) is 4.12. The SMILES string of the molecule is COc1cc(NC(=O)CCCl)c2ncccc2c1. The molecule has 1 N–H and O–H groups in total. The second kappa shape index (κ2) is 5.69. The van der Waals surface area contributed by atoms with E-state index in [0.717, 1.165) is 10.9 Å². The molecule has 1 aromatic heterocycles. The highest BCUT2D eigenvalue weighted by molar-refractivity contribution is 6.19. The molecule has 0 bridgehead atoms. The summed E-state index contributed by atoms with van der Waals surface area (Å²) < 4.78 is 5.20. The van der Waals surface area contributed by atoms with Crippen molar-refractivity contribution in [1.29, 1.82) is 0 Å². The van der Waals surface area contributed by atoms with Crippen molar-refractivity contribution < 1.29 is 9.53 Å². The zero-order valence-corrected chi connectivity index (χ0v) is 10.7. The van der Waals surface area contributed by atoms with Gasteiger partial charge in [-0.05, 0) is 12.1 Å². The summed E-state index contributed by atoms with van der Waals surface area (Å²) in [5.41, 5.74) is 1.38. The largest absolute Gasteiger partial charge is 0.497 e. The van der Waals surface area contributed by atoms with Gasteiger partial charge in [-0.2, -0.15) is 0 Å². The van der Waals surface area contributed by atoms with Crippen molar-refractivity contribution in [2.24, 2.45) is 0 Å². The molecule has 0 aliphatic rings. The Hall–Kier alpha value is -1.81. The van der Waals surface area contributed by atoms with E-state index >= 15 is 0 Å². The lowest BCUT2D eigenvalue weighted by Crippen LogP contribution is -2.12. The van der Waals surface area contributed by atoms with Crippen LogP contribution in [0.5, 0.6) is 5.75 Å². The fraction of sp³-hybridized carbons (Fsp3) is 0.231. The number of fused-ring (bicyclic) bond motifs is 1. The van der Waals surface area contributed by atoms with Crippen LogP contribution in [0.4, 0.5) is 5.69 Å². The molecule has 0 aliphatic carbocycles. The van der Waals surface area contributed by atoms with Crippen LogP contribution in [0, 0.1) is 0 Å². The maximum Gasteiger partial charge on any atom is 0.225 e. The fourth-order valence-electron chi connectivity index (χ4n) is 1.68. The molecule has 0 aliphatic heterocycles. The minimum atomic E-state index is -0.134. The number of amides is 1. The molecule has 0 saturated heterocycles. The van der Waals surface area contributed by atoms with E-state index in [2.05, 4.69) is 10.3 Å². The Balaban J connectivity index is 2.43. The number of aromatic nitrogens is 1. The lowest BCUT2D eigenvalue weighted by atomic mass is 10.1. The van der Waals surface area contributed by atoms with Gasteiger partial charge in [0.25, 0.3) is 0 Å². The molecule has 18 heavy (non-hydrogen) atoms. The molecule has 0 saturated carbocycles. The highest BCUT2D eigenvalue weighted by Gasteiger charge is 2.08. The first-order chi connectivity index (χ1) is 8.74. The number of benzene rings is 1. The number of carbonyl (C=O) groups excluding carboxylic acids is 1. The van der Waals surface area contributed by atoms with Crippen molar-refractivity contribution in [2.45, 2.75) is 6.42 Å². The van der Waals surface area contributed by atoms with Gasteiger partial charge in [-0.15, -0.1) is 11.6 Å². The van der Waals surface area contributed by atoms with Gasteiger partial charge in [-0.25, -0.2) is 0 Å². The van der Waals surface area contributed by atoms with Crippen LogP contribution in [0.1, 0.15) is 6.42 Å². The van der Waals surface area contributed by atoms with E-state index in [0.29, 0.717) is 17.3 Å². The van der Waals surface area contributed by atoms with E-state index in [9.17, 15) is 4.79 Å². The van der Waals surface area contributed by atoms with Crippen LogP contribution in [0.2, 0.25) is 0 Å². The molecule has 5 heteroatoms. The summed E-state index contributed by atoms with van der Waals surface area (Å²) in [7, 11) is 1.59. The molecule has 2 aromatic rings. The Bertz CT molecular complexity index is 572. The minimum absolute atomic E-state index is 0.134. The predicted octanol–water partition coefficient (Wildman–Crippen LogP) is 2.81. The summed E-state index contributed by atoms with van der Waals surface area (Å²) in [6.45, 7) is 0. The zero-order valence-electron chi connectivity index (χ0n) is 9.94. The summed E-state index contributed by atoms with van der Waals surface area (Å²) in [6.07, 6.45) is 1.96. The summed E-state index contributed by atoms with van der Waals surface area (Å²) in [5, 5.41) is 3.71. The van der Waals surface area contributed by atoms with Crippen molar-refractivity contribution >= 4 is 34.1 Å². The van der Waals surface area contributed by atoms with E-state index in [4.69, 9.17) is 16.3 Å². The Morgan fingerprint density at radius 2 is 2.33 bits per heavy atom. The summed E-state index contributed by atoms with van der Waals surface area (Å²) in [5.74, 6) is 0.836. The number of carbonyl (C=O) groups is 1. The lowest BCUT2D eigenvalue weighted by molar-refractivity contribution is -0.115. The number of methoxy groups -OCH3 is 1. The maximum atomic E-state index is 11.6. The third kappa shape index (κ3) is 2.71. The highest BCUT2D eigenvalue weighted by atomic mass is 35.5. The van der Waals surface area contributed by atoms with Crippen molar-refractivity contribution in [1.82, 2.24) is 4.98 Å². The van der Waals surface area contributed by atoms with Crippen LogP contribution in [0.3, 0.4) is 0 Å². The number of pyridine rings is 1. The van der Waals surface area contributed by atoms with Crippen LogP contribution in [0.25, 0.3) is 10.9 Å². The first-order valence-corrected chi connectivity index (χ1v) is 6.06. The van der Waals surface area contributed by atoms with Crippen molar-refractivity contribution in [2.75, 3.05) is 18.3 Å². The highest BCUT2D eigenvalue weighted by Crippen LogP contribution is 2.27. The van der Waals surface area contributed by atoms with Crippen LogP contribution >= 0.6 is 11.6 Å². The molecule has 1 amide bonds. The number of nitrogens with one attached hydrogen (secondary N) is 1. The number of ether oxygens (including phenoxy) is 1. The zero-order chi connectivity index (χ0) is 13.0. The first kappa shape index (κ1) is 12.6. The molecule has 0 fully saturated rings. The smallest absolute Gasteiger partial charge is 0.225 e. The third-order valence-corrected chi connectivity index (χ3v) is 2.70. The minimum Gasteiger partial charge on any atom is -0.497 e. The normalized spacial score (nSPS) is 10.3. The molecule has 0 unspecified atom stereocenters. The fourth-order valence-corrected chi connectivity index (χ4v) is 1.85. The Morgan fingerprint density at radius 3 is 3.06 bits per heavy atom. The third-order valence-electron chi connectivity index (χ3n) is 2.51. The molecular formula is C13H13ClN2O2. The number of anilines is 1.